The van der Waals surface area contributed by atoms with Crippen LogP contribution < -0.4 is 5.32 Å². The van der Waals surface area contributed by atoms with Crippen molar-refractivity contribution in [1.82, 2.24) is 15.3 Å². The van der Waals surface area contributed by atoms with Crippen molar-refractivity contribution in [2.75, 3.05) is 0 Å². The first kappa shape index (κ1) is 11.5. The lowest BCUT2D eigenvalue weighted by atomic mass is 10.1. The molecular formula is C13H15N3O. The minimum absolute atomic E-state index is 0.185. The van der Waals surface area contributed by atoms with Gasteiger partial charge < -0.3 is 15.1 Å². The molecule has 88 valence electrons. The molecule has 2 rings (SSSR count). The van der Waals surface area contributed by atoms with E-state index in [-0.39, 0.29) is 6.04 Å². The first-order valence-electron chi connectivity index (χ1n) is 5.58. The van der Waals surface area contributed by atoms with Crippen LogP contribution in [0.4, 0.5) is 0 Å². The Morgan fingerprint density at radius 3 is 2.82 bits per heavy atom. The van der Waals surface area contributed by atoms with Crippen LogP contribution in [0.3, 0.4) is 0 Å². The number of carbonyl (C=O) groups excluding carboxylic acids is 1. The lowest BCUT2D eigenvalue weighted by molar-refractivity contribution is -0.109. The van der Waals surface area contributed by atoms with Crippen LogP contribution in [0.15, 0.2) is 42.9 Å². The van der Waals surface area contributed by atoms with Crippen LogP contribution >= 0.6 is 0 Å². The summed E-state index contributed by atoms with van der Waals surface area (Å²) in [6, 6.07) is 9.83. The molecule has 0 aliphatic rings. The van der Waals surface area contributed by atoms with Crippen LogP contribution in [0, 0.1) is 0 Å². The molecule has 0 saturated heterocycles. The molecule has 1 heterocycles. The second-order valence-electron chi connectivity index (χ2n) is 3.89. The zero-order chi connectivity index (χ0) is 11.9. The molecule has 17 heavy (non-hydrogen) atoms. The van der Waals surface area contributed by atoms with Gasteiger partial charge in [0.15, 0.2) is 0 Å². The Balaban J connectivity index is 1.86. The van der Waals surface area contributed by atoms with Gasteiger partial charge in [-0.15, -0.1) is 0 Å². The lowest BCUT2D eigenvalue weighted by Gasteiger charge is -2.11. The maximum absolute atomic E-state index is 11.0. The van der Waals surface area contributed by atoms with Crippen molar-refractivity contribution in [1.29, 1.82) is 0 Å². The summed E-state index contributed by atoms with van der Waals surface area (Å²) in [6.07, 6.45) is 4.93. The number of aromatic nitrogens is 2. The van der Waals surface area contributed by atoms with Crippen LogP contribution in [-0.2, 0) is 17.8 Å². The molecule has 4 nitrogen and oxygen atoms in total. The maximum atomic E-state index is 11.0. The highest BCUT2D eigenvalue weighted by atomic mass is 16.1. The standard InChI is InChI=1S/C13H15N3O/c17-9-13(6-12-8-14-10-16-12)15-7-11-4-2-1-3-5-11/h1-5,8-10,13,15H,6-7H2,(H,14,16). The summed E-state index contributed by atoms with van der Waals surface area (Å²) < 4.78 is 0. The molecule has 0 amide bonds. The number of nitrogens with one attached hydrogen (secondary N) is 2. The Kier molecular flexibility index (Phi) is 4.05. The molecule has 2 N–H and O–H groups in total. The molecule has 1 atom stereocenters. The molecule has 0 aliphatic heterocycles. The number of rotatable bonds is 6. The average Bonchev–Trinajstić information content (AvgIpc) is 2.88. The Labute approximate surface area is 100 Å². The molecule has 1 aromatic carbocycles. The first-order valence-corrected chi connectivity index (χ1v) is 5.58. The second kappa shape index (κ2) is 5.96. The van der Waals surface area contributed by atoms with Gasteiger partial charge in [-0.3, -0.25) is 0 Å². The minimum Gasteiger partial charge on any atom is -0.348 e. The largest absolute Gasteiger partial charge is 0.348 e. The Bertz CT molecular complexity index is 439. The number of carbonyl (C=O) groups is 1. The fourth-order valence-electron chi connectivity index (χ4n) is 1.65. The molecule has 2 aromatic rings. The van der Waals surface area contributed by atoms with E-state index in [0.29, 0.717) is 13.0 Å². The summed E-state index contributed by atoms with van der Waals surface area (Å²) >= 11 is 0. The summed E-state index contributed by atoms with van der Waals surface area (Å²) in [6.45, 7) is 0.693. The van der Waals surface area contributed by atoms with Crippen molar-refractivity contribution in [3.63, 3.8) is 0 Å². The van der Waals surface area contributed by atoms with Crippen molar-refractivity contribution in [3.05, 3.63) is 54.1 Å². The fourth-order valence-corrected chi connectivity index (χ4v) is 1.65. The predicted octanol–water partition coefficient (Wildman–Crippen LogP) is 1.31. The van der Waals surface area contributed by atoms with Crippen molar-refractivity contribution in [2.45, 2.75) is 19.0 Å². The monoisotopic (exact) mass is 229 g/mol. The zero-order valence-corrected chi connectivity index (χ0v) is 9.47. The van der Waals surface area contributed by atoms with Crippen molar-refractivity contribution in [2.24, 2.45) is 0 Å². The first-order chi connectivity index (χ1) is 8.38. The van der Waals surface area contributed by atoms with Crippen LogP contribution in [-0.4, -0.2) is 22.3 Å². The SMILES string of the molecule is O=CC(Cc1cnc[nH]1)NCc1ccccc1. The summed E-state index contributed by atoms with van der Waals surface area (Å²) in [4.78, 5) is 17.9. The number of imidazole rings is 1. The van der Waals surface area contributed by atoms with Gasteiger partial charge in [-0.25, -0.2) is 4.98 Å². The van der Waals surface area contributed by atoms with E-state index in [1.807, 2.05) is 30.3 Å². The van der Waals surface area contributed by atoms with Gasteiger partial charge in [-0.05, 0) is 5.56 Å². The molecule has 0 aliphatic carbocycles. The van der Waals surface area contributed by atoms with E-state index in [9.17, 15) is 4.79 Å². The van der Waals surface area contributed by atoms with Gasteiger partial charge in [0.05, 0.1) is 12.4 Å². The van der Waals surface area contributed by atoms with Crippen molar-refractivity contribution < 1.29 is 4.79 Å². The van der Waals surface area contributed by atoms with Gasteiger partial charge in [0, 0.05) is 24.9 Å². The van der Waals surface area contributed by atoms with E-state index in [4.69, 9.17) is 0 Å². The Morgan fingerprint density at radius 1 is 1.35 bits per heavy atom. The Morgan fingerprint density at radius 2 is 2.18 bits per heavy atom. The number of hydrogen-bond acceptors (Lipinski definition) is 3. The highest BCUT2D eigenvalue weighted by Gasteiger charge is 2.08. The molecule has 0 saturated carbocycles. The number of H-pyrrole nitrogens is 1. The molecular weight excluding hydrogens is 214 g/mol. The van der Waals surface area contributed by atoms with Gasteiger partial charge in [-0.1, -0.05) is 30.3 Å². The van der Waals surface area contributed by atoms with Crippen molar-refractivity contribution >= 4 is 6.29 Å². The highest BCUT2D eigenvalue weighted by molar-refractivity contribution is 5.58. The molecule has 0 bridgehead atoms. The normalized spacial score (nSPS) is 12.2. The Hall–Kier alpha value is -1.94. The van der Waals surface area contributed by atoms with Crippen LogP contribution in [0.5, 0.6) is 0 Å². The topological polar surface area (TPSA) is 57.8 Å². The van der Waals surface area contributed by atoms with Gasteiger partial charge in [-0.2, -0.15) is 0 Å². The lowest BCUT2D eigenvalue weighted by Crippen LogP contribution is -2.32. The summed E-state index contributed by atoms with van der Waals surface area (Å²) in [5.74, 6) is 0. The van der Waals surface area contributed by atoms with Crippen LogP contribution in [0.2, 0.25) is 0 Å². The van der Waals surface area contributed by atoms with Gasteiger partial charge in [0.25, 0.3) is 0 Å². The summed E-state index contributed by atoms with van der Waals surface area (Å²) in [5.41, 5.74) is 2.13. The highest BCUT2D eigenvalue weighted by Crippen LogP contribution is 2.00. The average molecular weight is 229 g/mol. The number of nitrogens with zero attached hydrogens (tertiary/aromatic N) is 1. The van der Waals surface area contributed by atoms with Gasteiger partial charge in [0.2, 0.25) is 0 Å². The summed E-state index contributed by atoms with van der Waals surface area (Å²) in [7, 11) is 0. The fraction of sp³-hybridized carbons (Fsp3) is 0.231. The summed E-state index contributed by atoms with van der Waals surface area (Å²) in [5, 5.41) is 3.21. The molecule has 0 spiro atoms. The molecule has 1 aromatic heterocycles. The van der Waals surface area contributed by atoms with E-state index < -0.39 is 0 Å². The molecule has 0 fully saturated rings. The van der Waals surface area contributed by atoms with Crippen molar-refractivity contribution in [3.8, 4) is 0 Å². The van der Waals surface area contributed by atoms with Crippen LogP contribution in [0.1, 0.15) is 11.3 Å². The van der Waals surface area contributed by atoms with Gasteiger partial charge in [0.1, 0.15) is 6.29 Å². The number of hydrogen-bond donors (Lipinski definition) is 2. The third-order valence-corrected chi connectivity index (χ3v) is 2.57. The zero-order valence-electron chi connectivity index (χ0n) is 9.47. The molecule has 1 unspecified atom stereocenters. The van der Waals surface area contributed by atoms with E-state index in [0.717, 1.165) is 12.0 Å². The van der Waals surface area contributed by atoms with E-state index in [1.54, 1.807) is 12.5 Å². The van der Waals surface area contributed by atoms with Crippen LogP contribution in [0.25, 0.3) is 0 Å². The molecule has 4 heteroatoms. The second-order valence-corrected chi connectivity index (χ2v) is 3.89. The third kappa shape index (κ3) is 3.53. The van der Waals surface area contributed by atoms with E-state index >= 15 is 0 Å². The maximum Gasteiger partial charge on any atom is 0.137 e. The van der Waals surface area contributed by atoms with E-state index in [1.165, 1.54) is 5.56 Å². The number of aromatic amines is 1. The number of benzene rings is 1. The minimum atomic E-state index is -0.185. The number of aldehydes is 1. The molecule has 0 radical (unpaired) electrons. The van der Waals surface area contributed by atoms with E-state index in [2.05, 4.69) is 15.3 Å². The smallest absolute Gasteiger partial charge is 0.137 e. The van der Waals surface area contributed by atoms with Gasteiger partial charge >= 0.3 is 0 Å². The predicted molar refractivity (Wildman–Crippen MR) is 65.4 cm³/mol. The third-order valence-electron chi connectivity index (χ3n) is 2.57. The quantitative estimate of drug-likeness (QED) is 0.734.